The molecule has 0 amide bonds. The number of aliphatic hydroxyl groups excluding tert-OH is 15. The molecule has 1 unspecified atom stereocenters. The number of hydrogen-bond donors (Lipinski definition) is 16. The molecule has 4 heterocycles. The molecular formula is C54H92O24. The van der Waals surface area contributed by atoms with Crippen LogP contribution in [0.4, 0.5) is 0 Å². The Morgan fingerprint density at radius 2 is 1.09 bits per heavy atom. The van der Waals surface area contributed by atoms with Gasteiger partial charge in [-0.25, -0.2) is 0 Å². The van der Waals surface area contributed by atoms with E-state index >= 15 is 0 Å². The Hall–Kier alpha value is -1.22. The van der Waals surface area contributed by atoms with E-state index in [1.54, 1.807) is 0 Å². The van der Waals surface area contributed by atoms with E-state index in [1.165, 1.54) is 13.8 Å². The van der Waals surface area contributed by atoms with E-state index < -0.39 is 184 Å². The summed E-state index contributed by atoms with van der Waals surface area (Å²) in [5.74, 6) is 0.223. The molecule has 30 atom stereocenters. The monoisotopic (exact) mass is 1120 g/mol. The molecule has 4 aliphatic heterocycles. The second-order valence-electron chi connectivity index (χ2n) is 25.9. The van der Waals surface area contributed by atoms with Gasteiger partial charge < -0.3 is 120 Å². The number of ether oxygens (including phenoxy) is 8. The van der Waals surface area contributed by atoms with Gasteiger partial charge in [0.15, 0.2) is 25.2 Å². The fourth-order valence-corrected chi connectivity index (χ4v) is 15.6. The molecule has 4 aliphatic carbocycles. The first-order valence-corrected chi connectivity index (χ1v) is 28.0. The third-order valence-electron chi connectivity index (χ3n) is 20.8. The van der Waals surface area contributed by atoms with Gasteiger partial charge in [-0.1, -0.05) is 53.2 Å². The topological polar surface area (TPSA) is 398 Å². The van der Waals surface area contributed by atoms with Crippen molar-refractivity contribution in [1.82, 2.24) is 0 Å². The van der Waals surface area contributed by atoms with Gasteiger partial charge in [0, 0.05) is 10.8 Å². The highest BCUT2D eigenvalue weighted by atomic mass is 16.8. The highest BCUT2D eigenvalue weighted by Crippen LogP contribution is 2.75. The average molecular weight is 1130 g/mol. The Labute approximate surface area is 455 Å². The van der Waals surface area contributed by atoms with E-state index in [9.17, 15) is 81.7 Å². The zero-order chi connectivity index (χ0) is 57.5. The van der Waals surface area contributed by atoms with Crippen molar-refractivity contribution in [2.45, 2.75) is 253 Å². The molecule has 0 bridgehead atoms. The number of rotatable bonds is 17. The first kappa shape index (κ1) is 62.8. The van der Waals surface area contributed by atoms with Crippen molar-refractivity contribution in [3.63, 3.8) is 0 Å². The van der Waals surface area contributed by atoms with Crippen LogP contribution in [-0.2, 0) is 37.9 Å². The van der Waals surface area contributed by atoms with Gasteiger partial charge in [0.2, 0.25) is 0 Å². The maximum Gasteiger partial charge on any atom is 0.187 e. The van der Waals surface area contributed by atoms with Crippen LogP contribution >= 0.6 is 0 Å². The minimum absolute atomic E-state index is 0.00555. The molecule has 7 fully saturated rings. The molecule has 24 heteroatoms. The largest absolute Gasteiger partial charge is 0.394 e. The standard InChI is InChI=1S/C54H92O24/c1-22(23-15-16-52(6)30-12-10-24-25(54(30,8)31(58)17-53(23,52)7)11-14-32(50(24,2)3)76-47-43(68)39(64)35(60)27(19-56)73-47)9-13-33(51(4,5)70)77-49-45(78-48-44(69)40(65)36(61)28(20-57)74-48)41(66)37(62)29(75-49)21-71-46-42(67)38(63)34(59)26(18-55)72-46/h10,22-23,25-49,55-70H,9,11-21H2,1-8H3/t22-,23-,25-,26-,27-,28-,29-,30?,31-,32+,33-,34-,35-,36-,37-,38+,39+,40+,41+,42-,43-,44-,45-,46-,47+,48+,49+,52+,53-,54+/m1/s1. The van der Waals surface area contributed by atoms with Crippen LogP contribution in [0.2, 0.25) is 0 Å². The lowest BCUT2D eigenvalue weighted by molar-refractivity contribution is -0.380. The number of aliphatic hydroxyl groups is 16. The second kappa shape index (κ2) is 23.7. The zero-order valence-corrected chi connectivity index (χ0v) is 46.1. The molecule has 24 nitrogen and oxygen atoms in total. The van der Waals surface area contributed by atoms with Gasteiger partial charge in [0.1, 0.15) is 97.7 Å². The Bertz CT molecular complexity index is 2020. The Kier molecular flexibility index (Phi) is 19.1. The summed E-state index contributed by atoms with van der Waals surface area (Å²) in [6.45, 7) is 13.5. The van der Waals surface area contributed by atoms with E-state index in [2.05, 4.69) is 47.6 Å². The fourth-order valence-electron chi connectivity index (χ4n) is 15.6. The van der Waals surface area contributed by atoms with Crippen molar-refractivity contribution >= 4 is 0 Å². The number of hydrogen-bond acceptors (Lipinski definition) is 24. The molecule has 0 spiro atoms. The quantitative estimate of drug-likeness (QED) is 0.0637. The van der Waals surface area contributed by atoms with Gasteiger partial charge >= 0.3 is 0 Å². The summed E-state index contributed by atoms with van der Waals surface area (Å²) >= 11 is 0. The summed E-state index contributed by atoms with van der Waals surface area (Å²) in [5.41, 5.74) is -2.07. The summed E-state index contributed by atoms with van der Waals surface area (Å²) < 4.78 is 47.7. The van der Waals surface area contributed by atoms with Gasteiger partial charge in [-0.05, 0) is 99.7 Å². The first-order chi connectivity index (χ1) is 36.4. The summed E-state index contributed by atoms with van der Waals surface area (Å²) in [5, 5.41) is 172. The summed E-state index contributed by atoms with van der Waals surface area (Å²) in [6.07, 6.45) is -27.6. The summed E-state index contributed by atoms with van der Waals surface area (Å²) in [6, 6.07) is 0. The number of fused-ring (bicyclic) bond motifs is 5. The van der Waals surface area contributed by atoms with E-state index in [0.717, 1.165) is 18.4 Å². The van der Waals surface area contributed by atoms with Crippen molar-refractivity contribution in [2.24, 2.45) is 45.3 Å². The van der Waals surface area contributed by atoms with Crippen molar-refractivity contribution in [2.75, 3.05) is 26.4 Å². The van der Waals surface area contributed by atoms with E-state index in [4.69, 9.17) is 37.9 Å². The Morgan fingerprint density at radius 3 is 1.63 bits per heavy atom. The van der Waals surface area contributed by atoms with E-state index in [0.29, 0.717) is 32.1 Å². The third kappa shape index (κ3) is 11.0. The molecule has 8 rings (SSSR count). The minimum Gasteiger partial charge on any atom is -0.394 e. The zero-order valence-electron chi connectivity index (χ0n) is 46.1. The predicted octanol–water partition coefficient (Wildman–Crippen LogP) is -3.23. The SMILES string of the molecule is C[C@H](CC[C@@H](O[C@@H]1O[C@H](CO[C@@H]2O[C@H](CO)[C@@H](O)[C@H](O)[C@H]2O)[C@@H](O)[C@H](O)[C@H]1O[C@@H]1O[C@H](CO)[C@@H](O)[C@H](O)[C@H]1O)C(C)(C)O)[C@H]1CC[C@@]2(C)C3CC=C4[C@@H](CC[C@H](O[C@@H]5O[C@H](CO)[C@@H](O)[C@H](O)[C@H]5O)C4(C)C)[C@]3(C)[C@H](O)C[C@]12C. The number of allylic oxidation sites excluding steroid dienone is 1. The lowest BCUT2D eigenvalue weighted by Crippen LogP contribution is -2.65. The van der Waals surface area contributed by atoms with Crippen molar-refractivity contribution in [3.8, 4) is 0 Å². The molecule has 0 aromatic carbocycles. The van der Waals surface area contributed by atoms with Gasteiger partial charge in [-0.2, -0.15) is 0 Å². The maximum atomic E-state index is 12.7. The molecule has 0 aromatic heterocycles. The van der Waals surface area contributed by atoms with Crippen LogP contribution in [-0.4, -0.2) is 255 Å². The lowest BCUT2D eigenvalue weighted by atomic mass is 9.38. The average Bonchev–Trinajstić information content (AvgIpc) is 3.21. The van der Waals surface area contributed by atoms with Gasteiger partial charge in [-0.15, -0.1) is 0 Å². The molecule has 452 valence electrons. The molecule has 0 aromatic rings. The lowest BCUT2D eigenvalue weighted by Gasteiger charge is -2.67. The predicted molar refractivity (Wildman–Crippen MR) is 268 cm³/mol. The molecule has 16 N–H and O–H groups in total. The normalized spacial score (nSPS) is 51.4. The van der Waals surface area contributed by atoms with Crippen LogP contribution in [0, 0.1) is 45.3 Å². The van der Waals surface area contributed by atoms with Gasteiger partial charge in [0.05, 0.1) is 50.3 Å². The smallest absolute Gasteiger partial charge is 0.187 e. The minimum atomic E-state index is -1.93. The van der Waals surface area contributed by atoms with Crippen LogP contribution in [0.1, 0.15) is 107 Å². The van der Waals surface area contributed by atoms with Crippen molar-refractivity contribution in [3.05, 3.63) is 11.6 Å². The molecule has 0 radical (unpaired) electrons. The molecular weight excluding hydrogens is 1030 g/mol. The maximum absolute atomic E-state index is 12.7. The fraction of sp³-hybridized carbons (Fsp3) is 0.963. The molecule has 4 saturated heterocycles. The highest BCUT2D eigenvalue weighted by Gasteiger charge is 2.70. The second-order valence-corrected chi connectivity index (χ2v) is 25.9. The van der Waals surface area contributed by atoms with E-state index in [1.807, 2.05) is 0 Å². The summed E-state index contributed by atoms with van der Waals surface area (Å²) in [4.78, 5) is 0. The Morgan fingerprint density at radius 1 is 0.590 bits per heavy atom. The van der Waals surface area contributed by atoms with Crippen molar-refractivity contribution < 1.29 is 120 Å². The van der Waals surface area contributed by atoms with E-state index in [-0.39, 0.29) is 40.9 Å². The van der Waals surface area contributed by atoms with Crippen LogP contribution in [0.15, 0.2) is 11.6 Å². The van der Waals surface area contributed by atoms with Crippen molar-refractivity contribution in [1.29, 1.82) is 0 Å². The molecule has 8 aliphatic rings. The van der Waals surface area contributed by atoms with Crippen LogP contribution in [0.3, 0.4) is 0 Å². The third-order valence-corrected chi connectivity index (χ3v) is 20.8. The van der Waals surface area contributed by atoms with Crippen LogP contribution in [0.25, 0.3) is 0 Å². The highest BCUT2D eigenvalue weighted by molar-refractivity contribution is 5.32. The summed E-state index contributed by atoms with van der Waals surface area (Å²) in [7, 11) is 0. The molecule has 78 heavy (non-hydrogen) atoms. The Balaban J connectivity index is 0.987. The molecule has 3 saturated carbocycles. The van der Waals surface area contributed by atoms with Crippen LogP contribution in [0.5, 0.6) is 0 Å². The van der Waals surface area contributed by atoms with Gasteiger partial charge in [0.25, 0.3) is 0 Å². The first-order valence-electron chi connectivity index (χ1n) is 28.0. The van der Waals surface area contributed by atoms with Gasteiger partial charge in [-0.3, -0.25) is 0 Å². The van der Waals surface area contributed by atoms with Crippen LogP contribution < -0.4 is 0 Å².